The third kappa shape index (κ3) is 0.817. The van der Waals surface area contributed by atoms with Crippen LogP contribution < -0.4 is 0 Å². The van der Waals surface area contributed by atoms with Crippen molar-refractivity contribution in [1.29, 1.82) is 0 Å². The van der Waals surface area contributed by atoms with Gasteiger partial charge < -0.3 is 5.11 Å². The molecule has 0 saturated heterocycles. The van der Waals surface area contributed by atoms with Crippen molar-refractivity contribution in [3.8, 4) is 0 Å². The van der Waals surface area contributed by atoms with Crippen molar-refractivity contribution in [2.24, 2.45) is 16.7 Å². The number of hydrogen-bond donors (Lipinski definition) is 1. The molecule has 0 aliphatic heterocycles. The van der Waals surface area contributed by atoms with E-state index in [2.05, 4.69) is 26.5 Å². The summed E-state index contributed by atoms with van der Waals surface area (Å²) in [6, 6.07) is 0. The summed E-state index contributed by atoms with van der Waals surface area (Å²) in [5.41, 5.74) is 0.348. The predicted octanol–water partition coefficient (Wildman–Crippen LogP) is 2.75. The molecule has 13 heavy (non-hydrogen) atoms. The van der Waals surface area contributed by atoms with E-state index in [1.165, 1.54) is 12.8 Å². The SMILES string of the molecule is C=CC1(C)C2CCC1(CC)C(O)C2. The minimum Gasteiger partial charge on any atom is -0.393 e. The Kier molecular flexibility index (Phi) is 1.85. The molecule has 2 saturated carbocycles. The van der Waals surface area contributed by atoms with Gasteiger partial charge in [-0.1, -0.05) is 19.9 Å². The van der Waals surface area contributed by atoms with Gasteiger partial charge in [-0.2, -0.15) is 0 Å². The Morgan fingerprint density at radius 1 is 1.62 bits per heavy atom. The van der Waals surface area contributed by atoms with Gasteiger partial charge in [0.2, 0.25) is 0 Å². The number of aliphatic hydroxyl groups excluding tert-OH is 1. The van der Waals surface area contributed by atoms with Gasteiger partial charge in [-0.15, -0.1) is 6.58 Å². The lowest BCUT2D eigenvalue weighted by Crippen LogP contribution is -2.38. The highest BCUT2D eigenvalue weighted by atomic mass is 16.3. The molecule has 0 heterocycles. The molecule has 2 bridgehead atoms. The van der Waals surface area contributed by atoms with Gasteiger partial charge in [0.05, 0.1) is 6.10 Å². The Bertz CT molecular complexity index is 235. The van der Waals surface area contributed by atoms with E-state index < -0.39 is 0 Å². The van der Waals surface area contributed by atoms with Crippen molar-refractivity contribution in [3.63, 3.8) is 0 Å². The summed E-state index contributed by atoms with van der Waals surface area (Å²) in [6.07, 6.45) is 6.58. The van der Waals surface area contributed by atoms with Crippen LogP contribution in [0.5, 0.6) is 0 Å². The third-order valence-electron chi connectivity index (χ3n) is 5.06. The molecular weight excluding hydrogens is 160 g/mol. The molecule has 1 nitrogen and oxygen atoms in total. The van der Waals surface area contributed by atoms with E-state index in [1.54, 1.807) is 0 Å². The standard InChI is InChI=1S/C12H20O/c1-4-11(3)9-6-7-12(11,5-2)10(13)8-9/h4,9-10,13H,1,5-8H2,2-3H3. The zero-order chi connectivity index (χ0) is 9.69. The van der Waals surface area contributed by atoms with Gasteiger partial charge in [0.1, 0.15) is 0 Å². The molecule has 1 heteroatoms. The molecule has 74 valence electrons. The lowest BCUT2D eigenvalue weighted by Gasteiger charge is -2.40. The fraction of sp³-hybridized carbons (Fsp3) is 0.833. The molecule has 2 rings (SSSR count). The molecule has 0 spiro atoms. The molecule has 2 aliphatic carbocycles. The highest BCUT2D eigenvalue weighted by molar-refractivity contribution is 5.19. The molecule has 0 amide bonds. The smallest absolute Gasteiger partial charge is 0.0607 e. The first-order chi connectivity index (χ1) is 6.10. The molecular formula is C12H20O. The maximum Gasteiger partial charge on any atom is 0.0607 e. The highest BCUT2D eigenvalue weighted by Crippen LogP contribution is 2.67. The molecule has 0 aromatic rings. The van der Waals surface area contributed by atoms with E-state index >= 15 is 0 Å². The number of aliphatic hydroxyl groups is 1. The summed E-state index contributed by atoms with van der Waals surface area (Å²) >= 11 is 0. The predicted molar refractivity (Wildman–Crippen MR) is 54.4 cm³/mol. The lowest BCUT2D eigenvalue weighted by atomic mass is 9.65. The monoisotopic (exact) mass is 180 g/mol. The van der Waals surface area contributed by atoms with Gasteiger partial charge in [0.25, 0.3) is 0 Å². The molecule has 0 radical (unpaired) electrons. The quantitative estimate of drug-likeness (QED) is 0.648. The van der Waals surface area contributed by atoms with Crippen LogP contribution in [0.1, 0.15) is 39.5 Å². The van der Waals surface area contributed by atoms with Gasteiger partial charge >= 0.3 is 0 Å². The second-order valence-corrected chi connectivity index (χ2v) is 4.98. The summed E-state index contributed by atoms with van der Waals surface area (Å²) in [6.45, 7) is 8.47. The first kappa shape index (κ1) is 9.26. The number of hydrogen-bond acceptors (Lipinski definition) is 1. The largest absolute Gasteiger partial charge is 0.393 e. The van der Waals surface area contributed by atoms with Crippen LogP contribution in [0.25, 0.3) is 0 Å². The van der Waals surface area contributed by atoms with Crippen LogP contribution in [0.2, 0.25) is 0 Å². The fourth-order valence-electron chi connectivity index (χ4n) is 3.95. The van der Waals surface area contributed by atoms with Gasteiger partial charge in [0, 0.05) is 5.41 Å². The second kappa shape index (κ2) is 2.60. The van der Waals surface area contributed by atoms with Gasteiger partial charge in [-0.3, -0.25) is 0 Å². The van der Waals surface area contributed by atoms with Crippen molar-refractivity contribution in [3.05, 3.63) is 12.7 Å². The average molecular weight is 180 g/mol. The van der Waals surface area contributed by atoms with Crippen LogP contribution in [-0.4, -0.2) is 11.2 Å². The van der Waals surface area contributed by atoms with E-state index in [4.69, 9.17) is 0 Å². The van der Waals surface area contributed by atoms with E-state index in [0.717, 1.165) is 12.8 Å². The summed E-state index contributed by atoms with van der Waals surface area (Å²) in [4.78, 5) is 0. The highest BCUT2D eigenvalue weighted by Gasteiger charge is 2.63. The first-order valence-corrected chi connectivity index (χ1v) is 5.42. The van der Waals surface area contributed by atoms with E-state index in [9.17, 15) is 5.11 Å². The number of fused-ring (bicyclic) bond motifs is 2. The van der Waals surface area contributed by atoms with Crippen LogP contribution in [-0.2, 0) is 0 Å². The number of allylic oxidation sites excluding steroid dienone is 1. The van der Waals surface area contributed by atoms with Gasteiger partial charge in [-0.05, 0) is 37.0 Å². The van der Waals surface area contributed by atoms with E-state index in [1.807, 2.05) is 0 Å². The number of rotatable bonds is 2. The molecule has 0 aromatic carbocycles. The van der Waals surface area contributed by atoms with Crippen LogP contribution in [0.15, 0.2) is 12.7 Å². The zero-order valence-electron chi connectivity index (χ0n) is 8.71. The van der Waals surface area contributed by atoms with Gasteiger partial charge in [-0.25, -0.2) is 0 Å². The maximum atomic E-state index is 10.1. The Labute approximate surface area is 80.8 Å². The molecule has 0 aromatic heterocycles. The summed E-state index contributed by atoms with van der Waals surface area (Å²) in [5.74, 6) is 0.681. The van der Waals surface area contributed by atoms with Crippen molar-refractivity contribution in [2.75, 3.05) is 0 Å². The van der Waals surface area contributed by atoms with Crippen molar-refractivity contribution >= 4 is 0 Å². The molecule has 2 aliphatic rings. The van der Waals surface area contributed by atoms with Crippen molar-refractivity contribution in [1.82, 2.24) is 0 Å². The zero-order valence-corrected chi connectivity index (χ0v) is 8.71. The van der Waals surface area contributed by atoms with Crippen molar-refractivity contribution < 1.29 is 5.11 Å². The summed E-state index contributed by atoms with van der Waals surface area (Å²) in [5, 5.41) is 10.1. The minimum absolute atomic E-state index is 0.0840. The van der Waals surface area contributed by atoms with Crippen LogP contribution in [0.3, 0.4) is 0 Å². The first-order valence-electron chi connectivity index (χ1n) is 5.42. The topological polar surface area (TPSA) is 20.2 Å². The fourth-order valence-corrected chi connectivity index (χ4v) is 3.95. The normalized spacial score (nSPS) is 54.1. The van der Waals surface area contributed by atoms with Gasteiger partial charge in [0.15, 0.2) is 0 Å². The maximum absolute atomic E-state index is 10.1. The Hall–Kier alpha value is -0.300. The molecule has 4 atom stereocenters. The Morgan fingerprint density at radius 3 is 2.69 bits per heavy atom. The van der Waals surface area contributed by atoms with E-state index in [-0.39, 0.29) is 16.9 Å². The third-order valence-corrected chi connectivity index (χ3v) is 5.06. The van der Waals surface area contributed by atoms with Crippen LogP contribution >= 0.6 is 0 Å². The van der Waals surface area contributed by atoms with E-state index in [0.29, 0.717) is 5.92 Å². The lowest BCUT2D eigenvalue weighted by molar-refractivity contribution is 0.00385. The second-order valence-electron chi connectivity index (χ2n) is 4.98. The molecule has 4 unspecified atom stereocenters. The van der Waals surface area contributed by atoms with Crippen LogP contribution in [0.4, 0.5) is 0 Å². The average Bonchev–Trinajstić information content (AvgIpc) is 2.53. The minimum atomic E-state index is -0.0840. The van der Waals surface area contributed by atoms with Crippen molar-refractivity contribution in [2.45, 2.75) is 45.6 Å². The Morgan fingerprint density at radius 2 is 2.31 bits per heavy atom. The summed E-state index contributed by atoms with van der Waals surface area (Å²) in [7, 11) is 0. The summed E-state index contributed by atoms with van der Waals surface area (Å²) < 4.78 is 0. The molecule has 2 fully saturated rings. The van der Waals surface area contributed by atoms with Crippen LogP contribution in [0, 0.1) is 16.7 Å². The molecule has 1 N–H and O–H groups in total. The Balaban J connectivity index is 2.44.